The minimum absolute atomic E-state index is 0.736. The maximum atomic E-state index is 2.48. The van der Waals surface area contributed by atoms with E-state index in [1.54, 1.807) is 51.4 Å². The summed E-state index contributed by atoms with van der Waals surface area (Å²) in [5.74, 6) is 3.27. The molecule has 0 heteroatoms. The molecule has 2 fully saturated rings. The van der Waals surface area contributed by atoms with Crippen molar-refractivity contribution in [1.82, 2.24) is 0 Å². The van der Waals surface area contributed by atoms with Gasteiger partial charge in [0.05, 0.1) is 0 Å². The highest BCUT2D eigenvalue weighted by Crippen LogP contribution is 2.49. The Labute approximate surface area is 172 Å². The number of unbranched alkanes of at least 4 members (excludes halogenated alkanes) is 7. The van der Waals surface area contributed by atoms with Gasteiger partial charge < -0.3 is 0 Å². The van der Waals surface area contributed by atoms with E-state index in [2.05, 4.69) is 20.8 Å². The summed E-state index contributed by atoms with van der Waals surface area (Å²) in [5, 5.41) is 0. The summed E-state index contributed by atoms with van der Waals surface area (Å²) in [7, 11) is 0. The fourth-order valence-corrected chi connectivity index (χ4v) is 6.42. The van der Waals surface area contributed by atoms with Crippen molar-refractivity contribution in [2.75, 3.05) is 0 Å². The molecule has 27 heavy (non-hydrogen) atoms. The molecule has 0 aromatic rings. The first kappa shape index (κ1) is 23.3. The maximum Gasteiger partial charge on any atom is -0.0300 e. The fraction of sp³-hybridized carbons (Fsp3) is 1.00. The van der Waals surface area contributed by atoms with Crippen molar-refractivity contribution in [1.29, 1.82) is 0 Å². The Kier molecular flexibility index (Phi) is 11.4. The molecule has 0 spiro atoms. The van der Waals surface area contributed by atoms with Gasteiger partial charge in [0, 0.05) is 0 Å². The predicted octanol–water partition coefficient (Wildman–Crippen LogP) is 9.71. The highest BCUT2D eigenvalue weighted by Gasteiger charge is 2.36. The van der Waals surface area contributed by atoms with Crippen LogP contribution in [-0.2, 0) is 0 Å². The van der Waals surface area contributed by atoms with Crippen molar-refractivity contribution >= 4 is 0 Å². The van der Waals surface area contributed by atoms with Gasteiger partial charge in [-0.15, -0.1) is 0 Å². The molecule has 0 saturated heterocycles. The van der Waals surface area contributed by atoms with Crippen LogP contribution in [0, 0.1) is 23.2 Å². The van der Waals surface area contributed by atoms with E-state index in [0.29, 0.717) is 0 Å². The second-order valence-corrected chi connectivity index (χ2v) is 10.5. The Morgan fingerprint density at radius 1 is 0.593 bits per heavy atom. The summed E-state index contributed by atoms with van der Waals surface area (Å²) in [4.78, 5) is 0. The lowest BCUT2D eigenvalue weighted by Crippen LogP contribution is -2.31. The summed E-state index contributed by atoms with van der Waals surface area (Å²) in [5.41, 5.74) is 0.736. The molecule has 0 N–H and O–H groups in total. The van der Waals surface area contributed by atoms with E-state index < -0.39 is 0 Å². The molecule has 0 heterocycles. The fourth-order valence-electron chi connectivity index (χ4n) is 6.42. The third kappa shape index (κ3) is 8.10. The van der Waals surface area contributed by atoms with Gasteiger partial charge in [0.15, 0.2) is 0 Å². The number of hydrogen-bond donors (Lipinski definition) is 0. The monoisotopic (exact) mass is 376 g/mol. The summed E-state index contributed by atoms with van der Waals surface area (Å²) in [6, 6.07) is 0. The second-order valence-electron chi connectivity index (χ2n) is 10.5. The first-order chi connectivity index (χ1) is 13.2. The van der Waals surface area contributed by atoms with E-state index in [1.165, 1.54) is 77.0 Å². The largest absolute Gasteiger partial charge is 0.0654 e. The van der Waals surface area contributed by atoms with Gasteiger partial charge in [0.1, 0.15) is 0 Å². The molecule has 0 radical (unpaired) electrons. The van der Waals surface area contributed by atoms with Gasteiger partial charge in [-0.2, -0.15) is 0 Å². The minimum Gasteiger partial charge on any atom is -0.0654 e. The van der Waals surface area contributed by atoms with Gasteiger partial charge in [0.2, 0.25) is 0 Å². The third-order valence-electron chi connectivity index (χ3n) is 8.68. The molecule has 160 valence electrons. The molecule has 0 unspecified atom stereocenters. The summed E-state index contributed by atoms with van der Waals surface area (Å²) in [6.07, 6.45) is 30.1. The third-order valence-corrected chi connectivity index (χ3v) is 8.68. The van der Waals surface area contributed by atoms with Crippen molar-refractivity contribution in [3.63, 3.8) is 0 Å². The SMILES string of the molecule is CCCCCCCC1CCC([C@H]2CC[C@](CC)(CCCCCC)CC2)CC1. The van der Waals surface area contributed by atoms with Crippen molar-refractivity contribution in [2.24, 2.45) is 23.2 Å². The lowest BCUT2D eigenvalue weighted by Gasteiger charge is -2.44. The summed E-state index contributed by atoms with van der Waals surface area (Å²) in [6.45, 7) is 7.14. The van der Waals surface area contributed by atoms with Crippen molar-refractivity contribution in [3.05, 3.63) is 0 Å². The Morgan fingerprint density at radius 3 is 1.74 bits per heavy atom. The van der Waals surface area contributed by atoms with Gasteiger partial charge in [-0.1, -0.05) is 104 Å². The average Bonchev–Trinajstić information content (AvgIpc) is 2.72. The van der Waals surface area contributed by atoms with Crippen LogP contribution in [0.15, 0.2) is 0 Å². The second kappa shape index (κ2) is 13.3. The first-order valence-corrected chi connectivity index (χ1v) is 13.2. The van der Waals surface area contributed by atoms with Crippen LogP contribution in [0.1, 0.15) is 149 Å². The topological polar surface area (TPSA) is 0 Å². The standard InChI is InChI=1S/C27H52/c1-4-7-9-11-12-14-24-15-17-25(18-16-24)26-19-22-27(6-3,23-20-26)21-13-10-8-5-2/h24-26H,4-23H2,1-3H3/t24?,25?,26-,27-. The van der Waals surface area contributed by atoms with E-state index in [4.69, 9.17) is 0 Å². The zero-order valence-electron chi connectivity index (χ0n) is 19.4. The van der Waals surface area contributed by atoms with E-state index >= 15 is 0 Å². The van der Waals surface area contributed by atoms with Gasteiger partial charge in [-0.3, -0.25) is 0 Å². The van der Waals surface area contributed by atoms with Crippen LogP contribution in [0.5, 0.6) is 0 Å². The Balaban J connectivity index is 1.62. The van der Waals surface area contributed by atoms with Gasteiger partial charge >= 0.3 is 0 Å². The minimum atomic E-state index is 0.736. The zero-order chi connectivity index (χ0) is 19.4. The highest BCUT2D eigenvalue weighted by atomic mass is 14.4. The normalized spacial score (nSPS) is 31.9. The quantitative estimate of drug-likeness (QED) is 0.280. The Hall–Kier alpha value is 0. The molecule has 0 aliphatic heterocycles. The van der Waals surface area contributed by atoms with E-state index in [1.807, 2.05) is 0 Å². The molecule has 0 aromatic heterocycles. The molecule has 0 bridgehead atoms. The molecule has 2 saturated carbocycles. The van der Waals surface area contributed by atoms with Gasteiger partial charge in [-0.05, 0) is 68.1 Å². The molecule has 0 amide bonds. The molecule has 0 atom stereocenters. The molecular formula is C27H52. The molecule has 0 aromatic carbocycles. The smallest absolute Gasteiger partial charge is 0.0300 e. The number of rotatable bonds is 13. The van der Waals surface area contributed by atoms with Crippen LogP contribution >= 0.6 is 0 Å². The lowest BCUT2D eigenvalue weighted by atomic mass is 9.62. The van der Waals surface area contributed by atoms with Crippen molar-refractivity contribution < 1.29 is 0 Å². The Bertz CT molecular complexity index is 341. The van der Waals surface area contributed by atoms with Crippen molar-refractivity contribution in [3.8, 4) is 0 Å². The summed E-state index contributed by atoms with van der Waals surface area (Å²) < 4.78 is 0. The Morgan fingerprint density at radius 2 is 1.15 bits per heavy atom. The van der Waals surface area contributed by atoms with Crippen LogP contribution in [-0.4, -0.2) is 0 Å². The van der Waals surface area contributed by atoms with Crippen LogP contribution in [0.3, 0.4) is 0 Å². The highest BCUT2D eigenvalue weighted by molar-refractivity contribution is 4.88. The first-order valence-electron chi connectivity index (χ1n) is 13.2. The predicted molar refractivity (Wildman–Crippen MR) is 122 cm³/mol. The van der Waals surface area contributed by atoms with Gasteiger partial charge in [0.25, 0.3) is 0 Å². The van der Waals surface area contributed by atoms with E-state index in [0.717, 1.165) is 23.2 Å². The molecule has 2 rings (SSSR count). The van der Waals surface area contributed by atoms with E-state index in [-0.39, 0.29) is 0 Å². The number of hydrogen-bond acceptors (Lipinski definition) is 0. The van der Waals surface area contributed by atoms with Crippen molar-refractivity contribution in [2.45, 2.75) is 149 Å². The van der Waals surface area contributed by atoms with Gasteiger partial charge in [-0.25, -0.2) is 0 Å². The lowest BCUT2D eigenvalue weighted by molar-refractivity contribution is 0.0797. The van der Waals surface area contributed by atoms with Crippen LogP contribution in [0.25, 0.3) is 0 Å². The zero-order valence-corrected chi connectivity index (χ0v) is 19.4. The summed E-state index contributed by atoms with van der Waals surface area (Å²) >= 11 is 0. The molecule has 0 nitrogen and oxygen atoms in total. The average molecular weight is 377 g/mol. The molecule has 2 aliphatic rings. The molecular weight excluding hydrogens is 324 g/mol. The molecule has 2 aliphatic carbocycles. The van der Waals surface area contributed by atoms with Crippen LogP contribution in [0.2, 0.25) is 0 Å². The van der Waals surface area contributed by atoms with Crippen LogP contribution in [0.4, 0.5) is 0 Å². The van der Waals surface area contributed by atoms with E-state index in [9.17, 15) is 0 Å². The van der Waals surface area contributed by atoms with Crippen LogP contribution < -0.4 is 0 Å². The maximum absolute atomic E-state index is 2.48.